The van der Waals surface area contributed by atoms with Crippen LogP contribution < -0.4 is 0 Å². The Kier molecular flexibility index (Phi) is 2.61. The molecule has 0 N–H and O–H groups in total. The molecule has 2 fully saturated rings. The minimum atomic E-state index is 0.00424. The van der Waals surface area contributed by atoms with Crippen molar-refractivity contribution >= 4 is 0 Å². The maximum atomic E-state index is 6.06. The summed E-state index contributed by atoms with van der Waals surface area (Å²) in [4.78, 5) is 5.00. The van der Waals surface area contributed by atoms with Crippen LogP contribution in [0.1, 0.15) is 27.7 Å². The molecule has 2 atom stereocenters. The van der Waals surface area contributed by atoms with Crippen molar-refractivity contribution in [2.24, 2.45) is 0 Å². The maximum absolute atomic E-state index is 6.06. The van der Waals surface area contributed by atoms with Crippen molar-refractivity contribution in [2.75, 3.05) is 33.3 Å². The lowest BCUT2D eigenvalue weighted by molar-refractivity contribution is -0.148. The van der Waals surface area contributed by atoms with Gasteiger partial charge in [-0.05, 0) is 34.7 Å². The topological polar surface area (TPSA) is 15.7 Å². The number of nitrogens with zero attached hydrogens (tertiary/aromatic N) is 2. The lowest BCUT2D eigenvalue weighted by Crippen LogP contribution is -2.65. The summed E-state index contributed by atoms with van der Waals surface area (Å²) in [5.41, 5.74) is 0.180. The molecule has 0 aliphatic carbocycles. The van der Waals surface area contributed by atoms with E-state index in [0.717, 1.165) is 26.2 Å². The van der Waals surface area contributed by atoms with E-state index in [0.29, 0.717) is 6.04 Å². The molecule has 0 spiro atoms. The highest BCUT2D eigenvalue weighted by atomic mass is 16.5. The Morgan fingerprint density at radius 2 is 1.87 bits per heavy atom. The van der Waals surface area contributed by atoms with Crippen LogP contribution in [0.5, 0.6) is 0 Å². The maximum Gasteiger partial charge on any atom is 0.0973 e. The molecule has 2 aliphatic heterocycles. The van der Waals surface area contributed by atoms with E-state index in [2.05, 4.69) is 44.5 Å². The second-order valence-electron chi connectivity index (χ2n) is 5.77. The zero-order valence-electron chi connectivity index (χ0n) is 10.7. The van der Waals surface area contributed by atoms with E-state index in [-0.39, 0.29) is 11.1 Å². The van der Waals surface area contributed by atoms with Crippen LogP contribution in [0.2, 0.25) is 0 Å². The third-order valence-corrected chi connectivity index (χ3v) is 4.58. The van der Waals surface area contributed by atoms with Gasteiger partial charge in [0.25, 0.3) is 0 Å². The Bertz CT molecular complexity index is 256. The molecule has 2 heterocycles. The summed E-state index contributed by atoms with van der Waals surface area (Å²) in [7, 11) is 2.23. The Morgan fingerprint density at radius 1 is 1.20 bits per heavy atom. The summed E-state index contributed by atoms with van der Waals surface area (Å²) >= 11 is 0. The SMILES string of the molecule is CC(C)N1C[C@@]2(C)OCCN(C)[C@@]2(C)C1. The van der Waals surface area contributed by atoms with Crippen molar-refractivity contribution in [3.8, 4) is 0 Å². The quantitative estimate of drug-likeness (QED) is 0.649. The Morgan fingerprint density at radius 3 is 2.40 bits per heavy atom. The van der Waals surface area contributed by atoms with E-state index in [1.165, 1.54) is 0 Å². The summed E-state index contributed by atoms with van der Waals surface area (Å²) in [6.07, 6.45) is 0. The molecule has 15 heavy (non-hydrogen) atoms. The number of morpholine rings is 1. The van der Waals surface area contributed by atoms with Crippen molar-refractivity contribution in [1.29, 1.82) is 0 Å². The van der Waals surface area contributed by atoms with Gasteiger partial charge in [-0.25, -0.2) is 0 Å². The van der Waals surface area contributed by atoms with Gasteiger partial charge in [0.1, 0.15) is 0 Å². The Labute approximate surface area is 93.4 Å². The first-order chi connectivity index (χ1) is 6.89. The highest BCUT2D eigenvalue weighted by molar-refractivity contribution is 5.13. The number of hydrogen-bond donors (Lipinski definition) is 0. The zero-order valence-corrected chi connectivity index (χ0v) is 10.7. The largest absolute Gasteiger partial charge is 0.371 e. The van der Waals surface area contributed by atoms with Crippen LogP contribution >= 0.6 is 0 Å². The van der Waals surface area contributed by atoms with Crippen LogP contribution in [-0.4, -0.2) is 60.3 Å². The van der Waals surface area contributed by atoms with Crippen molar-refractivity contribution in [3.05, 3.63) is 0 Å². The third kappa shape index (κ3) is 1.52. The van der Waals surface area contributed by atoms with E-state index in [9.17, 15) is 0 Å². The fourth-order valence-corrected chi connectivity index (χ4v) is 2.92. The highest BCUT2D eigenvalue weighted by Gasteiger charge is 2.57. The molecular weight excluding hydrogens is 188 g/mol. The first kappa shape index (κ1) is 11.4. The Balaban J connectivity index is 2.26. The fourth-order valence-electron chi connectivity index (χ4n) is 2.92. The summed E-state index contributed by atoms with van der Waals surface area (Å²) in [6.45, 7) is 13.3. The van der Waals surface area contributed by atoms with Crippen molar-refractivity contribution in [1.82, 2.24) is 9.80 Å². The molecule has 2 rings (SSSR count). The average Bonchev–Trinajstić information content (AvgIpc) is 2.41. The number of fused-ring (bicyclic) bond motifs is 1. The third-order valence-electron chi connectivity index (χ3n) is 4.58. The summed E-state index contributed by atoms with van der Waals surface area (Å²) < 4.78 is 6.06. The monoisotopic (exact) mass is 212 g/mol. The van der Waals surface area contributed by atoms with Gasteiger partial charge in [-0.2, -0.15) is 0 Å². The molecule has 0 bridgehead atoms. The highest BCUT2D eigenvalue weighted by Crippen LogP contribution is 2.41. The molecule has 0 saturated carbocycles. The second-order valence-corrected chi connectivity index (χ2v) is 5.77. The molecular formula is C12H24N2O. The summed E-state index contributed by atoms with van der Waals surface area (Å²) in [6, 6.07) is 0.612. The second kappa shape index (κ2) is 3.44. The minimum absolute atomic E-state index is 0.00424. The van der Waals surface area contributed by atoms with Gasteiger partial charge in [0.05, 0.1) is 17.7 Å². The van der Waals surface area contributed by atoms with Crippen LogP contribution in [0.3, 0.4) is 0 Å². The van der Waals surface area contributed by atoms with Crippen LogP contribution in [-0.2, 0) is 4.74 Å². The fraction of sp³-hybridized carbons (Fsp3) is 1.00. The lowest BCUT2D eigenvalue weighted by atomic mass is 9.83. The van der Waals surface area contributed by atoms with Crippen molar-refractivity contribution in [2.45, 2.75) is 44.9 Å². The molecule has 2 aliphatic rings. The first-order valence-electron chi connectivity index (χ1n) is 5.98. The van der Waals surface area contributed by atoms with Crippen LogP contribution in [0.15, 0.2) is 0 Å². The molecule has 0 amide bonds. The molecule has 0 aromatic carbocycles. The predicted octanol–water partition coefficient (Wildman–Crippen LogP) is 1.19. The Hall–Kier alpha value is -0.120. The summed E-state index contributed by atoms with van der Waals surface area (Å²) in [5.74, 6) is 0. The van der Waals surface area contributed by atoms with Crippen LogP contribution in [0, 0.1) is 0 Å². The first-order valence-corrected chi connectivity index (χ1v) is 5.98. The molecule has 0 aromatic heterocycles. The van der Waals surface area contributed by atoms with Gasteiger partial charge >= 0.3 is 0 Å². The van der Waals surface area contributed by atoms with Crippen LogP contribution in [0.25, 0.3) is 0 Å². The van der Waals surface area contributed by atoms with E-state index in [1.54, 1.807) is 0 Å². The van der Waals surface area contributed by atoms with Crippen molar-refractivity contribution in [3.63, 3.8) is 0 Å². The molecule has 0 aromatic rings. The van der Waals surface area contributed by atoms with Gasteiger partial charge < -0.3 is 4.74 Å². The van der Waals surface area contributed by atoms with E-state index < -0.39 is 0 Å². The van der Waals surface area contributed by atoms with Gasteiger partial charge in [-0.15, -0.1) is 0 Å². The van der Waals surface area contributed by atoms with Crippen molar-refractivity contribution < 1.29 is 4.74 Å². The molecule has 3 nitrogen and oxygen atoms in total. The smallest absolute Gasteiger partial charge is 0.0973 e. The molecule has 3 heteroatoms. The zero-order chi connectivity index (χ0) is 11.3. The number of likely N-dealkylation sites (N-methyl/N-ethyl adjacent to an activating group) is 1. The average molecular weight is 212 g/mol. The predicted molar refractivity (Wildman–Crippen MR) is 62.1 cm³/mol. The number of ether oxygens (including phenoxy) is 1. The molecule has 0 radical (unpaired) electrons. The van der Waals surface area contributed by atoms with Gasteiger partial charge in [0.15, 0.2) is 0 Å². The standard InChI is InChI=1S/C12H24N2O/c1-10(2)14-8-11(3)12(4,9-14)15-7-6-13(11)5/h10H,6-9H2,1-5H3/t11-,12+/m0/s1. The van der Waals surface area contributed by atoms with Gasteiger partial charge in [0.2, 0.25) is 0 Å². The molecule has 2 saturated heterocycles. The van der Waals surface area contributed by atoms with E-state index in [4.69, 9.17) is 4.74 Å². The lowest BCUT2D eigenvalue weighted by Gasteiger charge is -2.50. The molecule has 0 unspecified atom stereocenters. The van der Waals surface area contributed by atoms with E-state index in [1.807, 2.05) is 0 Å². The number of hydrogen-bond acceptors (Lipinski definition) is 3. The minimum Gasteiger partial charge on any atom is -0.371 e. The van der Waals surface area contributed by atoms with Gasteiger partial charge in [-0.1, -0.05) is 0 Å². The van der Waals surface area contributed by atoms with E-state index >= 15 is 0 Å². The summed E-state index contributed by atoms with van der Waals surface area (Å²) in [5, 5.41) is 0. The molecule has 88 valence electrons. The van der Waals surface area contributed by atoms with Gasteiger partial charge in [0, 0.05) is 25.7 Å². The normalized spacial score (nSPS) is 43.6. The van der Waals surface area contributed by atoms with Gasteiger partial charge in [-0.3, -0.25) is 9.80 Å². The number of likely N-dealkylation sites (tertiary alicyclic amines) is 1. The van der Waals surface area contributed by atoms with Crippen LogP contribution in [0.4, 0.5) is 0 Å². The number of rotatable bonds is 1.